The number of nitriles is 1. The minimum Gasteiger partial charge on any atom is -0.224 e. The molecule has 4 rings (SSSR count). The highest BCUT2D eigenvalue weighted by molar-refractivity contribution is 7.90. The molecule has 0 amide bonds. The molecule has 0 aliphatic heterocycles. The van der Waals surface area contributed by atoms with Crippen molar-refractivity contribution in [2.75, 3.05) is 6.26 Å². The van der Waals surface area contributed by atoms with Crippen molar-refractivity contribution in [2.24, 2.45) is 5.41 Å². The van der Waals surface area contributed by atoms with E-state index in [9.17, 15) is 8.42 Å². The third-order valence-corrected chi connectivity index (χ3v) is 6.55. The number of benzene rings is 2. The van der Waals surface area contributed by atoms with E-state index in [0.29, 0.717) is 15.9 Å². The first-order chi connectivity index (χ1) is 11.9. The summed E-state index contributed by atoms with van der Waals surface area (Å²) < 4.78 is 23.4. The molecule has 0 radical (unpaired) electrons. The Kier molecular flexibility index (Phi) is 3.59. The number of hydrogen-bond acceptors (Lipinski definition) is 3. The van der Waals surface area contributed by atoms with E-state index >= 15 is 0 Å². The van der Waals surface area contributed by atoms with Crippen molar-refractivity contribution in [3.63, 3.8) is 0 Å². The SMILES string of the molecule is CS(=O)(=O)c1ccc(C2=C(c3ccc(C#N)cc3)CC3(CC3)C2)cc1. The van der Waals surface area contributed by atoms with Crippen molar-refractivity contribution in [3.8, 4) is 6.07 Å². The quantitative estimate of drug-likeness (QED) is 0.823. The molecule has 4 heteroatoms. The largest absolute Gasteiger partial charge is 0.224 e. The van der Waals surface area contributed by atoms with Gasteiger partial charge in [0, 0.05) is 6.26 Å². The Morgan fingerprint density at radius 3 is 1.76 bits per heavy atom. The van der Waals surface area contributed by atoms with E-state index in [2.05, 4.69) is 6.07 Å². The van der Waals surface area contributed by atoms with Gasteiger partial charge >= 0.3 is 0 Å². The van der Waals surface area contributed by atoms with Gasteiger partial charge < -0.3 is 0 Å². The van der Waals surface area contributed by atoms with Crippen LogP contribution in [0.25, 0.3) is 11.1 Å². The monoisotopic (exact) mass is 349 g/mol. The first kappa shape index (κ1) is 16.1. The lowest BCUT2D eigenvalue weighted by molar-refractivity contribution is 0.568. The second-order valence-corrected chi connectivity index (χ2v) is 9.31. The maximum absolute atomic E-state index is 11.7. The zero-order valence-corrected chi connectivity index (χ0v) is 14.9. The van der Waals surface area contributed by atoms with Crippen LogP contribution >= 0.6 is 0 Å². The normalized spacial score (nSPS) is 18.4. The molecule has 126 valence electrons. The average Bonchev–Trinajstić information content (AvgIpc) is 3.25. The summed E-state index contributed by atoms with van der Waals surface area (Å²) in [5.74, 6) is 0. The molecule has 2 aromatic rings. The highest BCUT2D eigenvalue weighted by Crippen LogP contribution is 2.63. The topological polar surface area (TPSA) is 57.9 Å². The number of sulfone groups is 1. The van der Waals surface area contributed by atoms with Gasteiger partial charge in [-0.25, -0.2) is 8.42 Å². The summed E-state index contributed by atoms with van der Waals surface area (Å²) in [6, 6.07) is 17.2. The van der Waals surface area contributed by atoms with Crippen LogP contribution in [0, 0.1) is 16.7 Å². The molecule has 2 aliphatic rings. The molecule has 25 heavy (non-hydrogen) atoms. The minimum atomic E-state index is -3.17. The van der Waals surface area contributed by atoms with Gasteiger partial charge in [0.1, 0.15) is 0 Å². The predicted molar refractivity (Wildman–Crippen MR) is 98.4 cm³/mol. The summed E-state index contributed by atoms with van der Waals surface area (Å²) in [6.45, 7) is 0. The fourth-order valence-electron chi connectivity index (χ4n) is 3.76. The highest BCUT2D eigenvalue weighted by atomic mass is 32.2. The molecule has 0 N–H and O–H groups in total. The molecule has 0 saturated heterocycles. The molecule has 0 aromatic heterocycles. The van der Waals surface area contributed by atoms with Crippen LogP contribution in [-0.4, -0.2) is 14.7 Å². The van der Waals surface area contributed by atoms with E-state index in [-0.39, 0.29) is 0 Å². The summed E-state index contributed by atoms with van der Waals surface area (Å²) >= 11 is 0. The van der Waals surface area contributed by atoms with Gasteiger partial charge in [-0.1, -0.05) is 24.3 Å². The lowest BCUT2D eigenvalue weighted by atomic mass is 9.96. The molecule has 2 aliphatic carbocycles. The van der Waals surface area contributed by atoms with Crippen molar-refractivity contribution >= 4 is 21.0 Å². The van der Waals surface area contributed by atoms with Gasteiger partial charge in [-0.3, -0.25) is 0 Å². The fraction of sp³-hybridized carbons (Fsp3) is 0.286. The summed E-state index contributed by atoms with van der Waals surface area (Å²) in [6.07, 6.45) is 5.89. The van der Waals surface area contributed by atoms with E-state index < -0.39 is 9.84 Å². The molecule has 2 aromatic carbocycles. The zero-order chi connectivity index (χ0) is 17.7. The second-order valence-electron chi connectivity index (χ2n) is 7.30. The lowest BCUT2D eigenvalue weighted by Gasteiger charge is -2.09. The molecule has 1 fully saturated rings. The van der Waals surface area contributed by atoms with Crippen LogP contribution in [0.2, 0.25) is 0 Å². The third-order valence-electron chi connectivity index (χ3n) is 5.42. The molecule has 0 bridgehead atoms. The average molecular weight is 349 g/mol. The third kappa shape index (κ3) is 3.01. The van der Waals surface area contributed by atoms with E-state index in [1.54, 1.807) is 12.1 Å². The van der Waals surface area contributed by atoms with Crippen molar-refractivity contribution in [1.82, 2.24) is 0 Å². The smallest absolute Gasteiger partial charge is 0.175 e. The van der Waals surface area contributed by atoms with Crippen LogP contribution in [0.5, 0.6) is 0 Å². The predicted octanol–water partition coefficient (Wildman–Crippen LogP) is 4.45. The number of hydrogen-bond donors (Lipinski definition) is 0. The van der Waals surface area contributed by atoms with Crippen molar-refractivity contribution in [3.05, 3.63) is 65.2 Å². The van der Waals surface area contributed by atoms with Crippen molar-refractivity contribution < 1.29 is 8.42 Å². The molecule has 1 saturated carbocycles. The summed E-state index contributed by atoms with van der Waals surface area (Å²) in [4.78, 5) is 0.357. The Morgan fingerprint density at radius 1 is 0.880 bits per heavy atom. The zero-order valence-electron chi connectivity index (χ0n) is 14.1. The van der Waals surface area contributed by atoms with Gasteiger partial charge in [0.15, 0.2) is 9.84 Å². The van der Waals surface area contributed by atoms with Crippen LogP contribution in [-0.2, 0) is 9.84 Å². The first-order valence-corrected chi connectivity index (χ1v) is 10.3. The van der Waals surface area contributed by atoms with Gasteiger partial charge in [0.2, 0.25) is 0 Å². The van der Waals surface area contributed by atoms with Crippen LogP contribution < -0.4 is 0 Å². The van der Waals surface area contributed by atoms with Crippen molar-refractivity contribution in [1.29, 1.82) is 5.26 Å². The lowest BCUT2D eigenvalue weighted by Crippen LogP contribution is -1.97. The standard InChI is InChI=1S/C21H19NO2S/c1-25(23,24)18-8-6-17(7-9-18)20-13-21(10-11-21)12-19(20)16-4-2-15(14-22)3-5-16/h2-9H,10-13H2,1H3. The Balaban J connectivity index is 1.76. The fourth-order valence-corrected chi connectivity index (χ4v) is 4.39. The van der Waals surface area contributed by atoms with E-state index in [1.165, 1.54) is 35.8 Å². The second kappa shape index (κ2) is 5.57. The van der Waals surface area contributed by atoms with Crippen LogP contribution in [0.1, 0.15) is 42.4 Å². The van der Waals surface area contributed by atoms with Crippen molar-refractivity contribution in [2.45, 2.75) is 30.6 Å². The number of rotatable bonds is 3. The number of nitrogens with zero attached hydrogens (tertiary/aromatic N) is 1. The van der Waals surface area contributed by atoms with E-state index in [1.807, 2.05) is 36.4 Å². The Labute approximate surface area is 148 Å². The van der Waals surface area contributed by atoms with Gasteiger partial charge in [-0.05, 0) is 77.6 Å². The molecule has 0 unspecified atom stereocenters. The van der Waals surface area contributed by atoms with E-state index in [4.69, 9.17) is 5.26 Å². The first-order valence-electron chi connectivity index (χ1n) is 8.43. The van der Waals surface area contributed by atoms with Crippen LogP contribution in [0.4, 0.5) is 0 Å². The molecule has 3 nitrogen and oxygen atoms in total. The minimum absolute atomic E-state index is 0.357. The summed E-state index contributed by atoms with van der Waals surface area (Å²) in [5, 5.41) is 9.00. The highest BCUT2D eigenvalue weighted by Gasteiger charge is 2.48. The summed E-state index contributed by atoms with van der Waals surface area (Å²) in [5.41, 5.74) is 6.02. The van der Waals surface area contributed by atoms with Crippen LogP contribution in [0.3, 0.4) is 0 Å². The molecular formula is C21H19NO2S. The Morgan fingerprint density at radius 2 is 1.36 bits per heavy atom. The van der Waals surface area contributed by atoms with Crippen LogP contribution in [0.15, 0.2) is 53.4 Å². The molecule has 0 heterocycles. The van der Waals surface area contributed by atoms with Gasteiger partial charge in [0.05, 0.1) is 16.5 Å². The van der Waals surface area contributed by atoms with Gasteiger partial charge in [-0.15, -0.1) is 0 Å². The maximum atomic E-state index is 11.7. The molecule has 0 atom stereocenters. The molecular weight excluding hydrogens is 330 g/mol. The van der Waals surface area contributed by atoms with E-state index in [0.717, 1.165) is 18.4 Å². The van der Waals surface area contributed by atoms with Gasteiger partial charge in [0.25, 0.3) is 0 Å². The maximum Gasteiger partial charge on any atom is 0.175 e. The van der Waals surface area contributed by atoms with Gasteiger partial charge in [-0.2, -0.15) is 5.26 Å². The molecule has 1 spiro atoms. The summed E-state index contributed by atoms with van der Waals surface area (Å²) in [7, 11) is -3.17. The Bertz CT molecular complexity index is 1000. The Hall–Kier alpha value is -2.38. The number of allylic oxidation sites excluding steroid dienone is 2.